The zero-order valence-corrected chi connectivity index (χ0v) is 21.5. The van der Waals surface area contributed by atoms with Gasteiger partial charge in [-0.15, -0.1) is 10.2 Å². The Bertz CT molecular complexity index is 1370. The van der Waals surface area contributed by atoms with E-state index in [1.165, 1.54) is 24.8 Å². The molecule has 37 heavy (non-hydrogen) atoms. The van der Waals surface area contributed by atoms with E-state index in [1.807, 2.05) is 22.5 Å². The van der Waals surface area contributed by atoms with E-state index in [-0.39, 0.29) is 30.2 Å². The van der Waals surface area contributed by atoms with Gasteiger partial charge in [-0.3, -0.25) is 9.47 Å². The molecular formula is C26H27ClF4N6. The summed E-state index contributed by atoms with van der Waals surface area (Å²) in [5, 5.41) is 9.31. The van der Waals surface area contributed by atoms with Crippen molar-refractivity contribution < 1.29 is 17.6 Å². The Morgan fingerprint density at radius 1 is 1.03 bits per heavy atom. The molecule has 0 atom stereocenters. The maximum atomic E-state index is 14.3. The van der Waals surface area contributed by atoms with Crippen molar-refractivity contribution in [2.45, 2.75) is 64.3 Å². The second-order valence-corrected chi connectivity index (χ2v) is 11.7. The number of aromatic nitrogens is 4. The lowest BCUT2D eigenvalue weighted by atomic mass is 9.57. The van der Waals surface area contributed by atoms with Crippen LogP contribution in [0.25, 0.3) is 5.69 Å². The van der Waals surface area contributed by atoms with Crippen molar-refractivity contribution in [3.63, 3.8) is 0 Å². The fourth-order valence-corrected chi connectivity index (χ4v) is 6.15. The summed E-state index contributed by atoms with van der Waals surface area (Å²) >= 11 is 6.25. The third-order valence-corrected chi connectivity index (χ3v) is 8.49. The van der Waals surface area contributed by atoms with E-state index < -0.39 is 11.7 Å². The molecule has 0 N–H and O–H groups in total. The van der Waals surface area contributed by atoms with Crippen LogP contribution < -0.4 is 4.90 Å². The van der Waals surface area contributed by atoms with Crippen molar-refractivity contribution in [2.24, 2.45) is 5.41 Å². The molecule has 2 fully saturated rings. The molecule has 0 unspecified atom stereocenters. The minimum atomic E-state index is -4.42. The van der Waals surface area contributed by atoms with Crippen LogP contribution in [-0.2, 0) is 13.1 Å². The average Bonchev–Trinajstić information content (AvgIpc) is 3.08. The Labute approximate surface area is 217 Å². The first-order chi connectivity index (χ1) is 17.4. The second kappa shape index (κ2) is 8.14. The predicted octanol–water partition coefficient (Wildman–Crippen LogP) is 5.80. The lowest BCUT2D eigenvalue weighted by molar-refractivity contribution is -0.224. The largest absolute Gasteiger partial charge is 0.406 e. The minimum absolute atomic E-state index is 0.00968. The minimum Gasteiger partial charge on any atom is -0.353 e. The van der Waals surface area contributed by atoms with Gasteiger partial charge in [0.25, 0.3) is 0 Å². The summed E-state index contributed by atoms with van der Waals surface area (Å²) in [6.45, 7) is 5.76. The third-order valence-electron chi connectivity index (χ3n) is 8.26. The summed E-state index contributed by atoms with van der Waals surface area (Å²) < 4.78 is 58.1. The quantitative estimate of drug-likeness (QED) is 0.397. The molecule has 1 spiro atoms. The molecule has 4 heterocycles. The van der Waals surface area contributed by atoms with Crippen LogP contribution in [0.5, 0.6) is 0 Å². The highest BCUT2D eigenvalue weighted by atomic mass is 35.5. The van der Waals surface area contributed by atoms with Gasteiger partial charge in [-0.25, -0.2) is 9.37 Å². The van der Waals surface area contributed by atoms with Crippen LogP contribution in [0.15, 0.2) is 30.3 Å². The molecule has 2 aliphatic heterocycles. The number of benzene rings is 1. The Kier molecular flexibility index (Phi) is 5.41. The molecule has 3 aliphatic rings. The Morgan fingerprint density at radius 3 is 2.46 bits per heavy atom. The van der Waals surface area contributed by atoms with Crippen LogP contribution in [0.1, 0.15) is 55.5 Å². The number of halogens is 5. The summed E-state index contributed by atoms with van der Waals surface area (Å²) in [7, 11) is 0. The SMILES string of the molecule is Cc1ccc(F)c(N2CC3(CC(c4nnc5n4-c4ccc(Cl)cc4CN(C(C)(C)C(F)(F)F)C5)C3)C2)n1. The highest BCUT2D eigenvalue weighted by molar-refractivity contribution is 6.30. The predicted molar refractivity (Wildman–Crippen MR) is 131 cm³/mol. The Balaban J connectivity index is 1.27. The van der Waals surface area contributed by atoms with Gasteiger partial charge >= 0.3 is 6.18 Å². The van der Waals surface area contributed by atoms with Crippen molar-refractivity contribution in [3.05, 3.63) is 64.1 Å². The van der Waals surface area contributed by atoms with E-state index in [0.29, 0.717) is 22.2 Å². The zero-order valence-electron chi connectivity index (χ0n) is 20.8. The molecule has 2 aromatic heterocycles. The number of anilines is 1. The highest BCUT2D eigenvalue weighted by Crippen LogP contribution is 2.57. The molecule has 1 aromatic carbocycles. The van der Waals surface area contributed by atoms with Gasteiger partial charge in [-0.1, -0.05) is 11.6 Å². The maximum Gasteiger partial charge on any atom is 0.406 e. The molecule has 1 saturated heterocycles. The van der Waals surface area contributed by atoms with Gasteiger partial charge in [0.1, 0.15) is 11.4 Å². The van der Waals surface area contributed by atoms with Crippen LogP contribution in [0.4, 0.5) is 23.4 Å². The summed E-state index contributed by atoms with van der Waals surface area (Å²) in [6.07, 6.45) is -2.71. The second-order valence-electron chi connectivity index (χ2n) is 11.2. The fourth-order valence-electron chi connectivity index (χ4n) is 5.95. The molecule has 11 heteroatoms. The average molecular weight is 535 g/mol. The first kappa shape index (κ1) is 24.6. The number of hydrogen-bond donors (Lipinski definition) is 0. The van der Waals surface area contributed by atoms with Crippen molar-refractivity contribution in [3.8, 4) is 5.69 Å². The molecule has 1 saturated carbocycles. The van der Waals surface area contributed by atoms with E-state index in [1.54, 1.807) is 18.2 Å². The number of alkyl halides is 3. The van der Waals surface area contributed by atoms with Gasteiger partial charge in [0.15, 0.2) is 17.5 Å². The number of hydrogen-bond acceptors (Lipinski definition) is 5. The van der Waals surface area contributed by atoms with Crippen molar-refractivity contribution >= 4 is 17.4 Å². The van der Waals surface area contributed by atoms with Gasteiger partial charge in [0.05, 0.1) is 12.2 Å². The van der Waals surface area contributed by atoms with Crippen LogP contribution in [0.3, 0.4) is 0 Å². The summed E-state index contributed by atoms with van der Waals surface area (Å²) in [4.78, 5) is 7.71. The number of nitrogens with zero attached hydrogens (tertiary/aromatic N) is 6. The highest BCUT2D eigenvalue weighted by Gasteiger charge is 2.55. The smallest absolute Gasteiger partial charge is 0.353 e. The Morgan fingerprint density at radius 2 is 1.76 bits per heavy atom. The molecule has 1 aliphatic carbocycles. The first-order valence-electron chi connectivity index (χ1n) is 12.3. The molecule has 0 bridgehead atoms. The molecular weight excluding hydrogens is 508 g/mol. The maximum absolute atomic E-state index is 14.3. The number of aryl methyl sites for hydroxylation is 1. The zero-order chi connectivity index (χ0) is 26.3. The van der Waals surface area contributed by atoms with Gasteiger partial charge in [0, 0.05) is 41.7 Å². The van der Waals surface area contributed by atoms with Gasteiger partial charge in [0.2, 0.25) is 0 Å². The van der Waals surface area contributed by atoms with Gasteiger partial charge in [-0.2, -0.15) is 13.2 Å². The van der Waals surface area contributed by atoms with Crippen LogP contribution in [-0.4, -0.2) is 49.5 Å². The molecule has 6 rings (SSSR count). The summed E-state index contributed by atoms with van der Waals surface area (Å²) in [5.74, 6) is 1.43. The molecule has 0 radical (unpaired) electrons. The van der Waals surface area contributed by atoms with E-state index in [4.69, 9.17) is 11.6 Å². The van der Waals surface area contributed by atoms with Crippen LogP contribution >= 0.6 is 11.6 Å². The van der Waals surface area contributed by atoms with E-state index in [0.717, 1.165) is 43.1 Å². The van der Waals surface area contributed by atoms with Gasteiger partial charge < -0.3 is 4.90 Å². The standard InChI is InChI=1S/C26H27ClF4N6/c1-15-4-6-19(28)23(32-15)35-13-25(14-35)9-17(10-25)22-34-33-21-12-36(24(2,3)26(29,30)31)11-16-8-18(27)5-7-20(16)37(21)22/h4-8,17H,9-14H2,1-3H3. The summed E-state index contributed by atoms with van der Waals surface area (Å²) in [5.41, 5.74) is 0.239. The molecule has 0 amide bonds. The lowest BCUT2D eigenvalue weighted by Gasteiger charge is -2.59. The molecule has 3 aromatic rings. The molecule has 196 valence electrons. The number of pyridine rings is 1. The van der Waals surface area contributed by atoms with E-state index in [2.05, 4.69) is 15.2 Å². The monoisotopic (exact) mass is 534 g/mol. The van der Waals surface area contributed by atoms with Gasteiger partial charge in [-0.05, 0) is 69.5 Å². The van der Waals surface area contributed by atoms with E-state index in [9.17, 15) is 17.6 Å². The van der Waals surface area contributed by atoms with Crippen molar-refractivity contribution in [2.75, 3.05) is 18.0 Å². The lowest BCUT2D eigenvalue weighted by Crippen LogP contribution is -2.62. The topological polar surface area (TPSA) is 50.1 Å². The molecule has 6 nitrogen and oxygen atoms in total. The van der Waals surface area contributed by atoms with Crippen molar-refractivity contribution in [1.29, 1.82) is 0 Å². The third kappa shape index (κ3) is 3.91. The summed E-state index contributed by atoms with van der Waals surface area (Å²) in [6, 6.07) is 8.42. The van der Waals surface area contributed by atoms with E-state index >= 15 is 0 Å². The van der Waals surface area contributed by atoms with Crippen LogP contribution in [0, 0.1) is 18.2 Å². The number of rotatable bonds is 3. The normalized spacial score (nSPS) is 19.7. The van der Waals surface area contributed by atoms with Crippen molar-refractivity contribution in [1.82, 2.24) is 24.6 Å². The fraction of sp³-hybridized carbons (Fsp3) is 0.500. The first-order valence-corrected chi connectivity index (χ1v) is 12.7. The Hall–Kier alpha value is -2.72. The number of fused-ring (bicyclic) bond motifs is 3. The van der Waals surface area contributed by atoms with Crippen LogP contribution in [0.2, 0.25) is 5.02 Å².